The highest BCUT2D eigenvalue weighted by Gasteiger charge is 2.26. The number of aryl methyl sites for hydroxylation is 1. The highest BCUT2D eigenvalue weighted by molar-refractivity contribution is 6.25. The molecule has 0 aromatic heterocycles. The van der Waals surface area contributed by atoms with Crippen LogP contribution in [-0.4, -0.2) is 24.3 Å². The van der Waals surface area contributed by atoms with E-state index in [1.165, 1.54) is 19.2 Å². The number of nitrogens with zero attached hydrogens (tertiary/aromatic N) is 1. The molecular formula is C33H33F2N3O2. The predicted octanol–water partition coefficient (Wildman–Crippen LogP) is 8.15. The van der Waals surface area contributed by atoms with Gasteiger partial charge in [0.1, 0.15) is 0 Å². The number of hydrogen-bond acceptors (Lipinski definition) is 5. The highest BCUT2D eigenvalue weighted by atomic mass is 19.2. The van der Waals surface area contributed by atoms with E-state index in [1.807, 2.05) is 62.4 Å². The third-order valence-electron chi connectivity index (χ3n) is 6.78. The summed E-state index contributed by atoms with van der Waals surface area (Å²) in [5.41, 5.74) is 5.43. The fourth-order valence-electron chi connectivity index (χ4n) is 4.72. The number of carbonyl (C=O) groups excluding carboxylic acids is 1. The molecule has 4 rings (SSSR count). The molecule has 2 aromatic rings. The van der Waals surface area contributed by atoms with Crippen LogP contribution in [-0.2, 0) is 0 Å². The molecule has 1 heterocycles. The summed E-state index contributed by atoms with van der Waals surface area (Å²) in [6.07, 6.45) is 14.8. The van der Waals surface area contributed by atoms with E-state index in [9.17, 15) is 13.6 Å². The van der Waals surface area contributed by atoms with Crippen molar-refractivity contribution in [1.82, 2.24) is 0 Å². The van der Waals surface area contributed by atoms with Gasteiger partial charge in [0, 0.05) is 46.3 Å². The molecule has 0 bridgehead atoms. The van der Waals surface area contributed by atoms with E-state index in [2.05, 4.69) is 10.3 Å². The zero-order valence-corrected chi connectivity index (χ0v) is 23.1. The monoisotopic (exact) mass is 541 g/mol. The molecule has 40 heavy (non-hydrogen) atoms. The van der Waals surface area contributed by atoms with Crippen LogP contribution in [0.4, 0.5) is 14.5 Å². The average molecular weight is 542 g/mol. The molecule has 1 atom stereocenters. The Hall–Kier alpha value is -4.39. The van der Waals surface area contributed by atoms with Gasteiger partial charge in [-0.05, 0) is 74.6 Å². The number of hydrogen-bond donors (Lipinski definition) is 2. The van der Waals surface area contributed by atoms with Crippen LogP contribution in [0.1, 0.15) is 54.6 Å². The maximum Gasteiger partial charge on any atom is 0.201 e. The van der Waals surface area contributed by atoms with Crippen LogP contribution < -0.4 is 10.1 Å². The maximum absolute atomic E-state index is 14.9. The minimum absolute atomic E-state index is 0.0832. The Morgan fingerprint density at radius 1 is 1.20 bits per heavy atom. The number of fused-ring (bicyclic) bond motifs is 1. The summed E-state index contributed by atoms with van der Waals surface area (Å²) in [7, 11) is 1.29. The second kappa shape index (κ2) is 12.6. The number of carbonyl (C=O) groups is 1. The fraction of sp³-hybridized carbons (Fsp3) is 0.242. The van der Waals surface area contributed by atoms with Gasteiger partial charge in [0.05, 0.1) is 18.5 Å². The SMILES string of the molecule is COc1ccc(C2=CN=C3/C(Nc4ccc(C(=O)C[C@@H](C)C/C=C/C(C)=N)c(C)c4)=C/C/C=C\C=C\23)c(F)c1F. The maximum atomic E-state index is 14.9. The van der Waals surface area contributed by atoms with Crippen LogP contribution in [0.5, 0.6) is 5.75 Å². The average Bonchev–Trinajstić information content (AvgIpc) is 3.30. The van der Waals surface area contributed by atoms with Gasteiger partial charge in [0.2, 0.25) is 5.82 Å². The molecule has 0 amide bonds. The summed E-state index contributed by atoms with van der Waals surface area (Å²) in [6.45, 7) is 5.67. The topological polar surface area (TPSA) is 74.5 Å². The molecule has 2 aromatic carbocycles. The van der Waals surface area contributed by atoms with Crippen molar-refractivity contribution in [3.63, 3.8) is 0 Å². The molecule has 2 aliphatic rings. The largest absolute Gasteiger partial charge is 0.494 e. The first-order valence-electron chi connectivity index (χ1n) is 13.2. The van der Waals surface area contributed by atoms with E-state index < -0.39 is 11.6 Å². The van der Waals surface area contributed by atoms with Gasteiger partial charge in [-0.25, -0.2) is 4.39 Å². The molecule has 2 N–H and O–H groups in total. The Labute approximate surface area is 233 Å². The van der Waals surface area contributed by atoms with Crippen molar-refractivity contribution in [3.8, 4) is 5.75 Å². The number of ketones is 1. The molecule has 7 heteroatoms. The van der Waals surface area contributed by atoms with Gasteiger partial charge in [0.25, 0.3) is 0 Å². The smallest absolute Gasteiger partial charge is 0.201 e. The van der Waals surface area contributed by atoms with Gasteiger partial charge < -0.3 is 15.5 Å². The number of halogens is 2. The molecule has 0 unspecified atom stereocenters. The van der Waals surface area contributed by atoms with Crippen molar-refractivity contribution in [2.24, 2.45) is 10.9 Å². The molecule has 0 spiro atoms. The first-order chi connectivity index (χ1) is 19.2. The Morgan fingerprint density at radius 2 is 2.00 bits per heavy atom. The summed E-state index contributed by atoms with van der Waals surface area (Å²) < 4.78 is 34.3. The lowest BCUT2D eigenvalue weighted by Gasteiger charge is -2.17. The molecule has 0 saturated heterocycles. The Kier molecular flexibility index (Phi) is 9.04. The Bertz CT molecular complexity index is 1530. The molecule has 5 nitrogen and oxygen atoms in total. The first-order valence-corrected chi connectivity index (χ1v) is 13.2. The third-order valence-corrected chi connectivity index (χ3v) is 6.78. The summed E-state index contributed by atoms with van der Waals surface area (Å²) in [6, 6.07) is 8.52. The molecular weight excluding hydrogens is 508 g/mol. The minimum Gasteiger partial charge on any atom is -0.494 e. The van der Waals surface area contributed by atoms with Crippen molar-refractivity contribution >= 4 is 28.5 Å². The molecule has 1 aliphatic carbocycles. The zero-order valence-electron chi connectivity index (χ0n) is 23.1. The fourth-order valence-corrected chi connectivity index (χ4v) is 4.72. The van der Waals surface area contributed by atoms with Gasteiger partial charge in [-0.2, -0.15) is 4.39 Å². The Morgan fingerprint density at radius 3 is 2.73 bits per heavy atom. The van der Waals surface area contributed by atoms with E-state index >= 15 is 0 Å². The number of benzene rings is 2. The third kappa shape index (κ3) is 6.42. The van der Waals surface area contributed by atoms with Gasteiger partial charge in [-0.3, -0.25) is 9.79 Å². The standard InChI is InChI=1S/C33H33F2N3O2/c1-20(9-8-10-22(3)36)17-29(39)24-14-13-23(18-21(24)2)38-28-12-7-5-6-11-26-27(19-37-33(26)28)25-15-16-30(40-4)32(35)31(25)34/h5-6,8,10-16,18-20,36,38H,7,9,17H2,1-4H3/b6-5-,10-8+,26-11-,28-12-,36-22?/t20-/m0/s1. The first kappa shape index (κ1) is 28.6. The van der Waals surface area contributed by atoms with Crippen molar-refractivity contribution in [2.45, 2.75) is 40.0 Å². The summed E-state index contributed by atoms with van der Waals surface area (Å²) in [4.78, 5) is 17.5. The van der Waals surface area contributed by atoms with Crippen molar-refractivity contribution in [2.75, 3.05) is 12.4 Å². The van der Waals surface area contributed by atoms with Crippen molar-refractivity contribution < 1.29 is 18.3 Å². The number of allylic oxidation sites excluding steroid dienone is 8. The molecule has 206 valence electrons. The quantitative estimate of drug-likeness (QED) is 0.235. The zero-order chi connectivity index (χ0) is 28.8. The molecule has 0 saturated carbocycles. The second-order valence-electron chi connectivity index (χ2n) is 10.0. The highest BCUT2D eigenvalue weighted by Crippen LogP contribution is 2.36. The van der Waals surface area contributed by atoms with E-state index in [1.54, 1.807) is 19.2 Å². The van der Waals surface area contributed by atoms with E-state index in [0.29, 0.717) is 41.0 Å². The number of methoxy groups -OCH3 is 1. The molecule has 1 aliphatic heterocycles. The Balaban J connectivity index is 1.51. The van der Waals surface area contributed by atoms with Crippen LogP contribution in [0.25, 0.3) is 5.57 Å². The number of Topliss-reactive ketones (excluding diaryl/α,β-unsaturated/α-hetero) is 1. The number of nitrogens with one attached hydrogen (secondary N) is 2. The summed E-state index contributed by atoms with van der Waals surface area (Å²) >= 11 is 0. The second-order valence-corrected chi connectivity index (χ2v) is 10.0. The predicted molar refractivity (Wildman–Crippen MR) is 158 cm³/mol. The van der Waals surface area contributed by atoms with Gasteiger partial charge >= 0.3 is 0 Å². The number of rotatable bonds is 10. The summed E-state index contributed by atoms with van der Waals surface area (Å²) in [5, 5.41) is 10.9. The van der Waals surface area contributed by atoms with Crippen molar-refractivity contribution in [3.05, 3.63) is 113 Å². The number of aliphatic imine (C=N–C) groups is 1. The lowest BCUT2D eigenvalue weighted by molar-refractivity contribution is 0.0964. The van der Waals surface area contributed by atoms with Crippen LogP contribution in [0, 0.1) is 29.9 Å². The number of anilines is 1. The van der Waals surface area contributed by atoms with Crippen LogP contribution in [0.2, 0.25) is 0 Å². The van der Waals surface area contributed by atoms with Gasteiger partial charge in [-0.15, -0.1) is 0 Å². The number of ether oxygens (including phenoxy) is 1. The van der Waals surface area contributed by atoms with Gasteiger partial charge in [-0.1, -0.05) is 37.3 Å². The summed E-state index contributed by atoms with van der Waals surface area (Å²) in [5.74, 6) is -1.93. The van der Waals surface area contributed by atoms with E-state index in [-0.39, 0.29) is 23.0 Å². The molecule has 0 fully saturated rings. The minimum atomic E-state index is -1.04. The van der Waals surface area contributed by atoms with Gasteiger partial charge in [0.15, 0.2) is 17.3 Å². The lowest BCUT2D eigenvalue weighted by Crippen LogP contribution is -2.14. The lowest BCUT2D eigenvalue weighted by atomic mass is 9.93. The molecule has 0 radical (unpaired) electrons. The van der Waals surface area contributed by atoms with E-state index in [4.69, 9.17) is 10.1 Å². The van der Waals surface area contributed by atoms with E-state index in [0.717, 1.165) is 23.4 Å². The van der Waals surface area contributed by atoms with Crippen LogP contribution in [0.15, 0.2) is 89.3 Å². The van der Waals surface area contributed by atoms with Crippen LogP contribution in [0.3, 0.4) is 0 Å². The van der Waals surface area contributed by atoms with Crippen molar-refractivity contribution in [1.29, 1.82) is 5.41 Å². The van der Waals surface area contributed by atoms with Crippen LogP contribution >= 0.6 is 0 Å². The normalized spacial score (nSPS) is 18.8.